The topological polar surface area (TPSA) is 46.6 Å². The Hall–Kier alpha value is -3.68. The van der Waals surface area contributed by atoms with Gasteiger partial charge in [-0.05, 0) is 54.6 Å². The van der Waals surface area contributed by atoms with Gasteiger partial charge in [-0.15, -0.1) is 0 Å². The van der Waals surface area contributed by atoms with Gasteiger partial charge >= 0.3 is 6.18 Å². The van der Waals surface area contributed by atoms with Crippen molar-refractivity contribution >= 4 is 17.5 Å². The second-order valence-electron chi connectivity index (χ2n) is 6.22. The Morgan fingerprint density at radius 1 is 0.759 bits per heavy atom. The van der Waals surface area contributed by atoms with Crippen molar-refractivity contribution in [2.45, 2.75) is 6.18 Å². The molecule has 3 aromatic carbocycles. The molecule has 0 unspecified atom stereocenters. The summed E-state index contributed by atoms with van der Waals surface area (Å²) in [6.07, 6.45) is -4.85. The monoisotopic (exact) mass is 401 g/mol. The molecule has 0 aliphatic carbocycles. The van der Waals surface area contributed by atoms with Gasteiger partial charge in [0.25, 0.3) is 11.8 Å². The summed E-state index contributed by atoms with van der Waals surface area (Å²) in [5, 5.41) is 0. The van der Waals surface area contributed by atoms with E-state index in [-0.39, 0.29) is 22.6 Å². The van der Waals surface area contributed by atoms with E-state index in [9.17, 15) is 27.2 Å². The van der Waals surface area contributed by atoms with E-state index in [4.69, 9.17) is 4.74 Å². The normalized spacial score (nSPS) is 13.6. The first-order valence-electron chi connectivity index (χ1n) is 8.38. The largest absolute Gasteiger partial charge is 0.457 e. The first-order chi connectivity index (χ1) is 13.8. The predicted octanol–water partition coefficient (Wildman–Crippen LogP) is 5.44. The molecule has 0 aromatic heterocycles. The number of alkyl halides is 3. The molecule has 2 amide bonds. The third-order valence-electron chi connectivity index (χ3n) is 4.36. The maximum atomic E-state index is 13.7. The van der Waals surface area contributed by atoms with E-state index in [1.165, 1.54) is 42.5 Å². The van der Waals surface area contributed by atoms with Crippen molar-refractivity contribution in [1.82, 2.24) is 0 Å². The highest BCUT2D eigenvalue weighted by Gasteiger charge is 2.42. The van der Waals surface area contributed by atoms with Gasteiger partial charge in [0.05, 0.1) is 22.4 Å². The van der Waals surface area contributed by atoms with Crippen LogP contribution in [0.1, 0.15) is 26.3 Å². The van der Waals surface area contributed by atoms with Crippen LogP contribution in [0, 0.1) is 5.82 Å². The highest BCUT2D eigenvalue weighted by Crippen LogP contribution is 2.42. The number of hydrogen-bond donors (Lipinski definition) is 0. The average molecular weight is 401 g/mol. The number of halogens is 4. The van der Waals surface area contributed by atoms with Crippen LogP contribution in [0.4, 0.5) is 23.2 Å². The first-order valence-corrected chi connectivity index (χ1v) is 8.38. The summed E-state index contributed by atoms with van der Waals surface area (Å²) in [4.78, 5) is 25.6. The van der Waals surface area contributed by atoms with Crippen LogP contribution in [-0.4, -0.2) is 11.8 Å². The molecule has 0 saturated heterocycles. The van der Waals surface area contributed by atoms with E-state index in [1.54, 1.807) is 0 Å². The van der Waals surface area contributed by atoms with Gasteiger partial charge in [0.2, 0.25) is 0 Å². The van der Waals surface area contributed by atoms with Crippen LogP contribution < -0.4 is 9.64 Å². The lowest BCUT2D eigenvalue weighted by atomic mass is 10.1. The number of benzene rings is 3. The summed E-state index contributed by atoms with van der Waals surface area (Å²) in [5.41, 5.74) is -1.71. The summed E-state index contributed by atoms with van der Waals surface area (Å²) < 4.78 is 59.4. The molecule has 4 nitrogen and oxygen atoms in total. The molecule has 0 fully saturated rings. The fraction of sp³-hybridized carbons (Fsp3) is 0.0476. The molecule has 29 heavy (non-hydrogen) atoms. The summed E-state index contributed by atoms with van der Waals surface area (Å²) >= 11 is 0. The molecule has 1 aliphatic heterocycles. The number of imide groups is 1. The van der Waals surface area contributed by atoms with Crippen LogP contribution in [0.5, 0.6) is 11.5 Å². The van der Waals surface area contributed by atoms with Gasteiger partial charge in [0.15, 0.2) is 0 Å². The maximum absolute atomic E-state index is 13.7. The fourth-order valence-electron chi connectivity index (χ4n) is 3.05. The molecule has 0 saturated carbocycles. The quantitative estimate of drug-likeness (QED) is 0.434. The number of rotatable bonds is 3. The van der Waals surface area contributed by atoms with Crippen molar-refractivity contribution in [2.75, 3.05) is 4.90 Å². The maximum Gasteiger partial charge on any atom is 0.418 e. The minimum atomic E-state index is -4.85. The van der Waals surface area contributed by atoms with Crippen LogP contribution in [0.25, 0.3) is 0 Å². The van der Waals surface area contributed by atoms with Crippen LogP contribution in [0.3, 0.4) is 0 Å². The standard InChI is InChI=1S/C21H11F4NO3/c22-12-5-7-13(8-6-12)29-14-9-10-18(17(11-14)21(23,24)25)26-19(27)15-3-1-2-4-16(15)20(26)28/h1-11H. The molecule has 1 aliphatic rings. The van der Waals surface area contributed by atoms with Crippen LogP contribution in [-0.2, 0) is 6.18 Å². The summed E-state index contributed by atoms with van der Waals surface area (Å²) in [6, 6.07) is 13.5. The summed E-state index contributed by atoms with van der Waals surface area (Å²) in [7, 11) is 0. The van der Waals surface area contributed by atoms with Gasteiger partial charge in [-0.2, -0.15) is 13.2 Å². The molecule has 0 N–H and O–H groups in total. The molecular formula is C21H11F4NO3. The molecule has 0 bridgehead atoms. The zero-order valence-electron chi connectivity index (χ0n) is 14.5. The molecule has 1 heterocycles. The molecule has 3 aromatic rings. The lowest BCUT2D eigenvalue weighted by molar-refractivity contribution is -0.137. The highest BCUT2D eigenvalue weighted by molar-refractivity contribution is 6.34. The second-order valence-corrected chi connectivity index (χ2v) is 6.22. The van der Waals surface area contributed by atoms with Gasteiger partial charge in [0.1, 0.15) is 17.3 Å². The number of amides is 2. The Balaban J connectivity index is 1.76. The van der Waals surface area contributed by atoms with E-state index in [2.05, 4.69) is 0 Å². The van der Waals surface area contributed by atoms with Crippen molar-refractivity contribution in [2.24, 2.45) is 0 Å². The number of anilines is 1. The van der Waals surface area contributed by atoms with Gasteiger partial charge in [-0.25, -0.2) is 9.29 Å². The molecule has 0 atom stereocenters. The first kappa shape index (κ1) is 18.7. The molecule has 8 heteroatoms. The zero-order chi connectivity index (χ0) is 20.8. The summed E-state index contributed by atoms with van der Waals surface area (Å²) in [6.45, 7) is 0. The third kappa shape index (κ3) is 3.33. The van der Waals surface area contributed by atoms with E-state index >= 15 is 0 Å². The zero-order valence-corrected chi connectivity index (χ0v) is 14.5. The van der Waals surface area contributed by atoms with Crippen molar-refractivity contribution < 1.29 is 31.9 Å². The number of ether oxygens (including phenoxy) is 1. The Morgan fingerprint density at radius 3 is 1.86 bits per heavy atom. The second kappa shape index (κ2) is 6.73. The van der Waals surface area contributed by atoms with Gasteiger partial charge in [0, 0.05) is 0 Å². The van der Waals surface area contributed by atoms with Crippen molar-refractivity contribution in [1.29, 1.82) is 0 Å². The van der Waals surface area contributed by atoms with Crippen molar-refractivity contribution in [3.63, 3.8) is 0 Å². The smallest absolute Gasteiger partial charge is 0.418 e. The number of nitrogens with zero attached hydrogens (tertiary/aromatic N) is 1. The third-order valence-corrected chi connectivity index (χ3v) is 4.36. The number of fused-ring (bicyclic) bond motifs is 1. The van der Waals surface area contributed by atoms with Crippen molar-refractivity contribution in [3.05, 3.63) is 89.2 Å². The van der Waals surface area contributed by atoms with E-state index < -0.39 is 35.1 Å². The van der Waals surface area contributed by atoms with E-state index in [1.807, 2.05) is 0 Å². The minimum Gasteiger partial charge on any atom is -0.457 e. The van der Waals surface area contributed by atoms with E-state index in [0.717, 1.165) is 18.2 Å². The number of hydrogen-bond acceptors (Lipinski definition) is 3. The molecule has 0 radical (unpaired) electrons. The molecule has 4 rings (SSSR count). The fourth-order valence-corrected chi connectivity index (χ4v) is 3.05. The van der Waals surface area contributed by atoms with Crippen molar-refractivity contribution in [3.8, 4) is 11.5 Å². The molecular weight excluding hydrogens is 390 g/mol. The van der Waals surface area contributed by atoms with Crippen LogP contribution in [0.2, 0.25) is 0 Å². The lowest BCUT2D eigenvalue weighted by Crippen LogP contribution is -2.31. The summed E-state index contributed by atoms with van der Waals surface area (Å²) in [5.74, 6) is -2.22. The SMILES string of the molecule is O=C1c2ccccc2C(=O)N1c1ccc(Oc2ccc(F)cc2)cc1C(F)(F)F. The van der Waals surface area contributed by atoms with Crippen LogP contribution >= 0.6 is 0 Å². The molecule has 146 valence electrons. The molecule has 0 spiro atoms. The van der Waals surface area contributed by atoms with Crippen LogP contribution in [0.15, 0.2) is 66.7 Å². The van der Waals surface area contributed by atoms with Gasteiger partial charge in [-0.3, -0.25) is 9.59 Å². The Bertz CT molecular complexity index is 1090. The van der Waals surface area contributed by atoms with Gasteiger partial charge in [-0.1, -0.05) is 12.1 Å². The Labute approximate surface area is 161 Å². The van der Waals surface area contributed by atoms with Gasteiger partial charge < -0.3 is 4.74 Å². The Kier molecular flexibility index (Phi) is 4.34. The average Bonchev–Trinajstić information content (AvgIpc) is 2.94. The highest BCUT2D eigenvalue weighted by atomic mass is 19.4. The predicted molar refractivity (Wildman–Crippen MR) is 95.5 cm³/mol. The lowest BCUT2D eigenvalue weighted by Gasteiger charge is -2.20. The number of carbonyl (C=O) groups is 2. The minimum absolute atomic E-state index is 0.0391. The Morgan fingerprint density at radius 2 is 1.31 bits per heavy atom. The number of carbonyl (C=O) groups excluding carboxylic acids is 2. The van der Waals surface area contributed by atoms with E-state index in [0.29, 0.717) is 11.0 Å².